The van der Waals surface area contributed by atoms with Crippen LogP contribution in [0.1, 0.15) is 25.7 Å². The number of carbonyl (C=O) groups is 2. The van der Waals surface area contributed by atoms with Crippen LogP contribution in [-0.4, -0.2) is 60.5 Å². The number of nitrogens with zero attached hydrogens (tertiary/aromatic N) is 2. The normalized spacial score (nSPS) is 21.2. The van der Waals surface area contributed by atoms with E-state index in [1.54, 1.807) is 7.05 Å². The van der Waals surface area contributed by atoms with Crippen molar-refractivity contribution in [3.05, 3.63) is 0 Å². The maximum absolute atomic E-state index is 11.4. The summed E-state index contributed by atoms with van der Waals surface area (Å²) in [6, 6.07) is 0. The monoisotopic (exact) mass is 242 g/mol. The van der Waals surface area contributed by atoms with Gasteiger partial charge in [-0.2, -0.15) is 0 Å². The molecule has 1 amide bonds. The first-order valence-corrected chi connectivity index (χ1v) is 6.13. The number of amides is 1. The molecule has 1 aliphatic heterocycles. The molecule has 98 valence electrons. The van der Waals surface area contributed by atoms with E-state index in [0.29, 0.717) is 12.5 Å². The number of hydrogen-bond acceptors (Lipinski definition) is 3. The summed E-state index contributed by atoms with van der Waals surface area (Å²) in [5.74, 6) is -0.727. The first kappa shape index (κ1) is 14.0. The van der Waals surface area contributed by atoms with Gasteiger partial charge in [0, 0.05) is 20.1 Å². The molecule has 1 aliphatic rings. The molecule has 0 radical (unpaired) electrons. The molecule has 0 aromatic rings. The molecule has 1 unspecified atom stereocenters. The van der Waals surface area contributed by atoms with Gasteiger partial charge in [-0.05, 0) is 38.8 Å². The van der Waals surface area contributed by atoms with E-state index >= 15 is 0 Å². The van der Waals surface area contributed by atoms with Gasteiger partial charge in [0.1, 0.15) is 6.42 Å². The summed E-state index contributed by atoms with van der Waals surface area (Å²) in [4.78, 5) is 25.7. The first-order valence-electron chi connectivity index (χ1n) is 6.13. The summed E-state index contributed by atoms with van der Waals surface area (Å²) >= 11 is 0. The molecular formula is C12H22N2O3. The molecule has 1 rings (SSSR count). The maximum Gasteiger partial charge on any atom is 0.312 e. The fraction of sp³-hybridized carbons (Fsp3) is 0.833. The molecule has 0 spiro atoms. The molecule has 0 aliphatic carbocycles. The minimum Gasteiger partial charge on any atom is -0.481 e. The Labute approximate surface area is 102 Å². The molecule has 1 N–H and O–H groups in total. The smallest absolute Gasteiger partial charge is 0.312 e. The van der Waals surface area contributed by atoms with Crippen LogP contribution in [0.4, 0.5) is 0 Å². The van der Waals surface area contributed by atoms with Crippen molar-refractivity contribution >= 4 is 11.9 Å². The van der Waals surface area contributed by atoms with E-state index in [2.05, 4.69) is 11.9 Å². The zero-order valence-corrected chi connectivity index (χ0v) is 10.7. The van der Waals surface area contributed by atoms with Crippen molar-refractivity contribution in [2.45, 2.75) is 25.7 Å². The molecule has 0 aromatic carbocycles. The van der Waals surface area contributed by atoms with Gasteiger partial charge in [0.15, 0.2) is 0 Å². The van der Waals surface area contributed by atoms with Gasteiger partial charge in [0.05, 0.1) is 0 Å². The van der Waals surface area contributed by atoms with Gasteiger partial charge in [-0.3, -0.25) is 9.59 Å². The highest BCUT2D eigenvalue weighted by Crippen LogP contribution is 2.18. The minimum atomic E-state index is -1.06. The fourth-order valence-electron chi connectivity index (χ4n) is 2.27. The third-order valence-corrected chi connectivity index (χ3v) is 3.32. The van der Waals surface area contributed by atoms with Crippen molar-refractivity contribution in [3.8, 4) is 0 Å². The van der Waals surface area contributed by atoms with Crippen LogP contribution in [0.3, 0.4) is 0 Å². The number of likely N-dealkylation sites (tertiary alicyclic amines) is 1. The second-order valence-corrected chi connectivity index (χ2v) is 4.94. The van der Waals surface area contributed by atoms with Gasteiger partial charge in [-0.15, -0.1) is 0 Å². The summed E-state index contributed by atoms with van der Waals surface area (Å²) in [6.45, 7) is 2.90. The molecule has 1 fully saturated rings. The molecule has 0 bridgehead atoms. The van der Waals surface area contributed by atoms with Crippen LogP contribution in [0.5, 0.6) is 0 Å². The van der Waals surface area contributed by atoms with Gasteiger partial charge in [-0.25, -0.2) is 0 Å². The second-order valence-electron chi connectivity index (χ2n) is 4.94. The Balaban J connectivity index is 2.24. The number of carboxylic acid groups (broad SMARTS) is 1. The summed E-state index contributed by atoms with van der Waals surface area (Å²) in [5.41, 5.74) is 0. The predicted octanol–water partition coefficient (Wildman–Crippen LogP) is 0.651. The van der Waals surface area contributed by atoms with Crippen molar-refractivity contribution < 1.29 is 14.7 Å². The Kier molecular flexibility index (Phi) is 5.41. The van der Waals surface area contributed by atoms with Crippen molar-refractivity contribution in [3.63, 3.8) is 0 Å². The van der Waals surface area contributed by atoms with Gasteiger partial charge in [0.25, 0.3) is 0 Å². The van der Waals surface area contributed by atoms with Crippen LogP contribution in [0.2, 0.25) is 0 Å². The van der Waals surface area contributed by atoms with Crippen LogP contribution in [0, 0.1) is 5.92 Å². The molecular weight excluding hydrogens is 220 g/mol. The third kappa shape index (κ3) is 5.17. The Morgan fingerprint density at radius 3 is 2.76 bits per heavy atom. The minimum absolute atomic E-state index is 0.304. The summed E-state index contributed by atoms with van der Waals surface area (Å²) in [5, 5.41) is 8.53. The molecule has 17 heavy (non-hydrogen) atoms. The van der Waals surface area contributed by atoms with Crippen molar-refractivity contribution in [2.75, 3.05) is 33.7 Å². The number of hydrogen-bond donors (Lipinski definition) is 1. The van der Waals surface area contributed by atoms with Gasteiger partial charge >= 0.3 is 5.97 Å². The number of piperidine rings is 1. The molecule has 1 atom stereocenters. The van der Waals surface area contributed by atoms with Gasteiger partial charge in [-0.1, -0.05) is 0 Å². The fourth-order valence-corrected chi connectivity index (χ4v) is 2.27. The van der Waals surface area contributed by atoms with E-state index in [-0.39, 0.29) is 5.91 Å². The highest BCUT2D eigenvalue weighted by molar-refractivity contribution is 5.93. The average molecular weight is 242 g/mol. The number of rotatable bonds is 5. The van der Waals surface area contributed by atoms with E-state index < -0.39 is 12.4 Å². The largest absolute Gasteiger partial charge is 0.481 e. The molecule has 0 saturated carbocycles. The summed E-state index contributed by atoms with van der Waals surface area (Å²) < 4.78 is 0. The summed E-state index contributed by atoms with van der Waals surface area (Å²) in [7, 11) is 3.79. The lowest BCUT2D eigenvalue weighted by atomic mass is 9.95. The number of aliphatic carboxylic acids is 1. The van der Waals surface area contributed by atoms with Gasteiger partial charge in [0.2, 0.25) is 5.91 Å². The zero-order chi connectivity index (χ0) is 12.8. The van der Waals surface area contributed by atoms with E-state index in [9.17, 15) is 9.59 Å². The number of carbonyl (C=O) groups excluding carboxylic acids is 1. The van der Waals surface area contributed by atoms with E-state index in [4.69, 9.17) is 5.11 Å². The standard InChI is InChI=1S/C12H22N2O3/c1-13-6-3-4-10(9-13)5-7-14(2)11(15)8-12(16)17/h10H,3-9H2,1-2H3,(H,16,17). The lowest BCUT2D eigenvalue weighted by Crippen LogP contribution is -2.35. The second kappa shape index (κ2) is 6.59. The molecule has 1 saturated heterocycles. The third-order valence-electron chi connectivity index (χ3n) is 3.32. The van der Waals surface area contributed by atoms with Gasteiger partial charge < -0.3 is 14.9 Å². The van der Waals surface area contributed by atoms with Crippen LogP contribution >= 0.6 is 0 Å². The Hall–Kier alpha value is -1.10. The van der Waals surface area contributed by atoms with E-state index in [1.165, 1.54) is 17.7 Å². The lowest BCUT2D eigenvalue weighted by Gasteiger charge is -2.30. The van der Waals surface area contributed by atoms with Crippen LogP contribution in [-0.2, 0) is 9.59 Å². The van der Waals surface area contributed by atoms with Crippen molar-refractivity contribution in [2.24, 2.45) is 5.92 Å². The van der Waals surface area contributed by atoms with Crippen LogP contribution in [0.15, 0.2) is 0 Å². The van der Waals surface area contributed by atoms with Crippen LogP contribution < -0.4 is 0 Å². The average Bonchev–Trinajstić information content (AvgIpc) is 2.25. The molecule has 1 heterocycles. The first-order chi connectivity index (χ1) is 7.99. The van der Waals surface area contributed by atoms with E-state index in [0.717, 1.165) is 19.5 Å². The maximum atomic E-state index is 11.4. The molecule has 0 aromatic heterocycles. The SMILES string of the molecule is CN1CCCC(CCN(C)C(=O)CC(=O)O)C1. The lowest BCUT2D eigenvalue weighted by molar-refractivity contribution is -0.143. The van der Waals surface area contributed by atoms with Crippen LogP contribution in [0.25, 0.3) is 0 Å². The molecule has 5 heteroatoms. The Morgan fingerprint density at radius 2 is 2.18 bits per heavy atom. The van der Waals surface area contributed by atoms with Crippen molar-refractivity contribution in [1.82, 2.24) is 9.80 Å². The molecule has 5 nitrogen and oxygen atoms in total. The van der Waals surface area contributed by atoms with Crippen molar-refractivity contribution in [1.29, 1.82) is 0 Å². The Morgan fingerprint density at radius 1 is 1.47 bits per heavy atom. The summed E-state index contributed by atoms with van der Waals surface area (Å²) in [6.07, 6.45) is 2.99. The predicted molar refractivity (Wildman–Crippen MR) is 64.7 cm³/mol. The quantitative estimate of drug-likeness (QED) is 0.719. The van der Waals surface area contributed by atoms with E-state index in [1.807, 2.05) is 0 Å². The number of carboxylic acids is 1. The highest BCUT2D eigenvalue weighted by Gasteiger charge is 2.19. The topological polar surface area (TPSA) is 60.9 Å². The zero-order valence-electron chi connectivity index (χ0n) is 10.7. The highest BCUT2D eigenvalue weighted by atomic mass is 16.4. The Bertz CT molecular complexity index is 281.